The Morgan fingerprint density at radius 1 is 1.15 bits per heavy atom. The molecule has 2 aromatic carbocycles. The zero-order valence-electron chi connectivity index (χ0n) is 14.6. The van der Waals surface area contributed by atoms with Gasteiger partial charge in [-0.1, -0.05) is 35.9 Å². The number of hydrogen-bond acceptors (Lipinski definition) is 2. The molecule has 1 saturated carbocycles. The Hall–Kier alpha value is -2.53. The van der Waals surface area contributed by atoms with Crippen molar-refractivity contribution in [2.24, 2.45) is 5.92 Å². The van der Waals surface area contributed by atoms with Crippen LogP contribution in [0.5, 0.6) is 0 Å². The molecule has 0 unspecified atom stereocenters. The summed E-state index contributed by atoms with van der Waals surface area (Å²) >= 11 is 5.98. The summed E-state index contributed by atoms with van der Waals surface area (Å²) in [5, 5.41) is 9.27. The molecule has 0 saturated heterocycles. The molecule has 3 N–H and O–H groups in total. The van der Waals surface area contributed by atoms with Crippen LogP contribution in [-0.2, 0) is 11.3 Å². The molecule has 0 radical (unpaired) electrons. The molecule has 0 heterocycles. The van der Waals surface area contributed by atoms with Crippen LogP contribution in [0.15, 0.2) is 48.5 Å². The fourth-order valence-electron chi connectivity index (χ4n) is 2.64. The quantitative estimate of drug-likeness (QED) is 0.710. The summed E-state index contributed by atoms with van der Waals surface area (Å²) in [7, 11) is 0. The number of carbonyl (C=O) groups is 2. The van der Waals surface area contributed by atoms with Crippen molar-refractivity contribution >= 4 is 29.2 Å². The van der Waals surface area contributed by atoms with Gasteiger partial charge in [0.1, 0.15) is 0 Å². The molecular weight excluding hydrogens is 350 g/mol. The van der Waals surface area contributed by atoms with E-state index < -0.39 is 0 Å². The van der Waals surface area contributed by atoms with Crippen LogP contribution in [0.4, 0.5) is 10.5 Å². The Labute approximate surface area is 158 Å². The number of hydrogen-bond donors (Lipinski definition) is 3. The molecule has 3 amide bonds. The minimum Gasteiger partial charge on any atom is -0.334 e. The number of benzene rings is 2. The molecule has 0 spiro atoms. The summed E-state index contributed by atoms with van der Waals surface area (Å²) in [4.78, 5) is 24.0. The molecule has 136 valence electrons. The average molecular weight is 372 g/mol. The zero-order valence-corrected chi connectivity index (χ0v) is 15.3. The Balaban J connectivity index is 1.50. The van der Waals surface area contributed by atoms with Crippen LogP contribution < -0.4 is 16.0 Å². The third-order valence-corrected chi connectivity index (χ3v) is 4.53. The zero-order chi connectivity index (χ0) is 18.5. The van der Waals surface area contributed by atoms with Gasteiger partial charge in [0.15, 0.2) is 0 Å². The molecule has 0 bridgehead atoms. The van der Waals surface area contributed by atoms with Crippen LogP contribution in [0.3, 0.4) is 0 Å². The predicted molar refractivity (Wildman–Crippen MR) is 103 cm³/mol. The van der Waals surface area contributed by atoms with Crippen molar-refractivity contribution in [1.82, 2.24) is 10.6 Å². The van der Waals surface area contributed by atoms with Crippen molar-refractivity contribution in [3.8, 4) is 0 Å². The van der Waals surface area contributed by atoms with Crippen LogP contribution in [0, 0.1) is 5.92 Å². The predicted octanol–water partition coefficient (Wildman–Crippen LogP) is 4.25. The van der Waals surface area contributed by atoms with Crippen molar-refractivity contribution in [3.05, 3.63) is 64.7 Å². The highest BCUT2D eigenvalue weighted by Crippen LogP contribution is 2.30. The second-order valence-corrected chi connectivity index (χ2v) is 7.00. The van der Waals surface area contributed by atoms with Crippen LogP contribution in [-0.4, -0.2) is 11.9 Å². The molecule has 1 fully saturated rings. The molecule has 0 aliphatic heterocycles. The van der Waals surface area contributed by atoms with E-state index in [9.17, 15) is 9.59 Å². The lowest BCUT2D eigenvalue weighted by Crippen LogP contribution is -2.36. The standard InChI is InChI=1S/C20H22ClN3O2/c1-13(16-5-3-6-17(21)11-16)23-20(26)22-12-14-4-2-7-18(10-14)24-19(25)15-8-9-15/h2-7,10-11,13,15H,8-9,12H2,1H3,(H,24,25)(H2,22,23,26)/t13-/m1/s1. The summed E-state index contributed by atoms with van der Waals surface area (Å²) in [6, 6.07) is 14.5. The van der Waals surface area contributed by atoms with Crippen LogP contribution in [0.1, 0.15) is 36.9 Å². The van der Waals surface area contributed by atoms with Gasteiger partial charge in [-0.15, -0.1) is 0 Å². The molecule has 0 aromatic heterocycles. The maximum atomic E-state index is 12.1. The number of anilines is 1. The van der Waals surface area contributed by atoms with E-state index in [1.165, 1.54) is 0 Å². The first-order valence-corrected chi connectivity index (χ1v) is 9.08. The van der Waals surface area contributed by atoms with Crippen molar-refractivity contribution in [1.29, 1.82) is 0 Å². The SMILES string of the molecule is C[C@@H](NC(=O)NCc1cccc(NC(=O)C2CC2)c1)c1cccc(Cl)c1. The first-order valence-electron chi connectivity index (χ1n) is 8.71. The van der Waals surface area contributed by atoms with Gasteiger partial charge in [0.05, 0.1) is 6.04 Å². The minimum atomic E-state index is -0.259. The summed E-state index contributed by atoms with van der Waals surface area (Å²) in [5.41, 5.74) is 2.62. The highest BCUT2D eigenvalue weighted by Gasteiger charge is 2.29. The normalized spacial score (nSPS) is 14.4. The first-order chi connectivity index (χ1) is 12.5. The van der Waals surface area contributed by atoms with Gasteiger partial charge in [0.25, 0.3) is 0 Å². The minimum absolute atomic E-state index is 0.0724. The molecule has 1 aliphatic rings. The average Bonchev–Trinajstić information content (AvgIpc) is 3.45. The number of urea groups is 1. The van der Waals surface area contributed by atoms with Gasteiger partial charge in [0.2, 0.25) is 5.91 Å². The monoisotopic (exact) mass is 371 g/mol. The lowest BCUT2D eigenvalue weighted by molar-refractivity contribution is -0.117. The first kappa shape index (κ1) is 18.3. The highest BCUT2D eigenvalue weighted by atomic mass is 35.5. The number of nitrogens with one attached hydrogen (secondary N) is 3. The fraction of sp³-hybridized carbons (Fsp3) is 0.300. The third-order valence-electron chi connectivity index (χ3n) is 4.29. The van der Waals surface area contributed by atoms with Gasteiger partial charge in [-0.2, -0.15) is 0 Å². The van der Waals surface area contributed by atoms with Crippen LogP contribution in [0.2, 0.25) is 5.02 Å². The molecular formula is C20H22ClN3O2. The summed E-state index contributed by atoms with van der Waals surface area (Å²) in [6.45, 7) is 2.28. The van der Waals surface area contributed by atoms with Crippen molar-refractivity contribution in [3.63, 3.8) is 0 Å². The van der Waals surface area contributed by atoms with Gasteiger partial charge in [-0.3, -0.25) is 4.79 Å². The van der Waals surface area contributed by atoms with Gasteiger partial charge in [-0.25, -0.2) is 4.79 Å². The van der Waals surface area contributed by atoms with E-state index in [1.807, 2.05) is 49.4 Å². The Morgan fingerprint density at radius 2 is 1.92 bits per heavy atom. The third kappa shape index (κ3) is 5.23. The van der Waals surface area contributed by atoms with E-state index in [0.29, 0.717) is 11.6 Å². The largest absolute Gasteiger partial charge is 0.334 e. The molecule has 1 atom stereocenters. The van der Waals surface area contributed by atoms with Crippen molar-refractivity contribution in [2.75, 3.05) is 5.32 Å². The topological polar surface area (TPSA) is 70.2 Å². The van der Waals surface area contributed by atoms with E-state index in [-0.39, 0.29) is 23.9 Å². The number of amides is 3. The summed E-state index contributed by atoms with van der Waals surface area (Å²) in [6.07, 6.45) is 1.94. The second-order valence-electron chi connectivity index (χ2n) is 6.57. The van der Waals surface area contributed by atoms with E-state index in [0.717, 1.165) is 29.7 Å². The number of rotatable bonds is 6. The van der Waals surface area contributed by atoms with Crippen LogP contribution in [0.25, 0.3) is 0 Å². The van der Waals surface area contributed by atoms with Crippen molar-refractivity contribution in [2.45, 2.75) is 32.4 Å². The van der Waals surface area contributed by atoms with Crippen LogP contribution >= 0.6 is 11.6 Å². The molecule has 3 rings (SSSR count). The highest BCUT2D eigenvalue weighted by molar-refractivity contribution is 6.30. The Morgan fingerprint density at radius 3 is 2.65 bits per heavy atom. The molecule has 2 aromatic rings. The lowest BCUT2D eigenvalue weighted by atomic mass is 10.1. The van der Waals surface area contributed by atoms with Crippen molar-refractivity contribution < 1.29 is 9.59 Å². The molecule has 1 aliphatic carbocycles. The van der Waals surface area contributed by atoms with E-state index in [1.54, 1.807) is 6.07 Å². The Kier molecular flexibility index (Phi) is 5.78. The van der Waals surface area contributed by atoms with E-state index in [2.05, 4.69) is 16.0 Å². The van der Waals surface area contributed by atoms with Gasteiger partial charge in [-0.05, 0) is 55.2 Å². The molecule has 26 heavy (non-hydrogen) atoms. The van der Waals surface area contributed by atoms with Gasteiger partial charge >= 0.3 is 6.03 Å². The second kappa shape index (κ2) is 8.23. The van der Waals surface area contributed by atoms with E-state index in [4.69, 9.17) is 11.6 Å². The van der Waals surface area contributed by atoms with Gasteiger partial charge < -0.3 is 16.0 Å². The maximum absolute atomic E-state index is 12.1. The molecule has 5 nitrogen and oxygen atoms in total. The number of carbonyl (C=O) groups excluding carboxylic acids is 2. The van der Waals surface area contributed by atoms with E-state index >= 15 is 0 Å². The smallest absolute Gasteiger partial charge is 0.315 e. The summed E-state index contributed by atoms with van der Waals surface area (Å²) < 4.78 is 0. The molecule has 6 heteroatoms. The lowest BCUT2D eigenvalue weighted by Gasteiger charge is -2.15. The fourth-order valence-corrected chi connectivity index (χ4v) is 2.84. The number of halogens is 1. The Bertz CT molecular complexity index is 805. The summed E-state index contributed by atoms with van der Waals surface area (Å²) in [5.74, 6) is 0.235. The maximum Gasteiger partial charge on any atom is 0.315 e. The van der Waals surface area contributed by atoms with Gasteiger partial charge in [0, 0.05) is 23.2 Å².